The maximum absolute atomic E-state index is 12.8. The van der Waals surface area contributed by atoms with Gasteiger partial charge in [0.05, 0.1) is 0 Å². The predicted molar refractivity (Wildman–Crippen MR) is 93.5 cm³/mol. The molecule has 0 unspecified atom stereocenters. The van der Waals surface area contributed by atoms with Gasteiger partial charge in [-0.25, -0.2) is 0 Å². The number of carbonyl (C=O) groups is 2. The Morgan fingerprint density at radius 2 is 2.12 bits per heavy atom. The lowest BCUT2D eigenvalue weighted by atomic mass is 9.54. The van der Waals surface area contributed by atoms with E-state index >= 15 is 0 Å². The summed E-state index contributed by atoms with van der Waals surface area (Å²) in [6.45, 7) is 2.13. The van der Waals surface area contributed by atoms with Crippen LogP contribution in [0.1, 0.15) is 62.5 Å². The summed E-state index contributed by atoms with van der Waals surface area (Å²) in [4.78, 5) is 23.8. The van der Waals surface area contributed by atoms with Crippen LogP contribution < -0.4 is 0 Å². The number of phenols is 1. The zero-order valence-electron chi connectivity index (χ0n) is 14.7. The minimum Gasteiger partial charge on any atom is -0.508 e. The molecule has 2 saturated carbocycles. The molecular weight excluding hydrogens is 316 g/mol. The summed E-state index contributed by atoms with van der Waals surface area (Å²) in [5.74, 6) is 1.33. The van der Waals surface area contributed by atoms with Gasteiger partial charge in [0.1, 0.15) is 11.5 Å². The second kappa shape index (κ2) is 5.86. The summed E-state index contributed by atoms with van der Waals surface area (Å²) in [5.41, 5.74) is 2.32. The van der Waals surface area contributed by atoms with E-state index in [9.17, 15) is 14.7 Å². The van der Waals surface area contributed by atoms with Crippen LogP contribution in [0.3, 0.4) is 0 Å². The highest BCUT2D eigenvalue weighted by atomic mass is 16.4. The smallest absolute Gasteiger partial charge is 0.303 e. The molecule has 3 aliphatic rings. The van der Waals surface area contributed by atoms with Crippen LogP contribution in [0.5, 0.6) is 5.75 Å². The number of hydrogen-bond acceptors (Lipinski definition) is 3. The molecule has 0 heterocycles. The minimum absolute atomic E-state index is 0.159. The Labute approximate surface area is 148 Å². The van der Waals surface area contributed by atoms with Gasteiger partial charge in [0.2, 0.25) is 0 Å². The van der Waals surface area contributed by atoms with Crippen LogP contribution in [0.4, 0.5) is 0 Å². The zero-order valence-corrected chi connectivity index (χ0v) is 14.7. The lowest BCUT2D eigenvalue weighted by molar-refractivity contribution is -0.137. The van der Waals surface area contributed by atoms with Gasteiger partial charge in [-0.2, -0.15) is 0 Å². The number of rotatable bonds is 3. The molecule has 4 nitrogen and oxygen atoms in total. The van der Waals surface area contributed by atoms with E-state index in [2.05, 4.69) is 13.0 Å². The molecule has 1 aromatic carbocycles. The largest absolute Gasteiger partial charge is 0.508 e. The number of benzene rings is 1. The van der Waals surface area contributed by atoms with Crippen molar-refractivity contribution in [1.82, 2.24) is 0 Å². The molecule has 4 heteroatoms. The molecule has 1 aromatic rings. The Hall–Kier alpha value is -1.84. The van der Waals surface area contributed by atoms with Crippen molar-refractivity contribution < 1.29 is 19.8 Å². The lowest BCUT2D eigenvalue weighted by Gasteiger charge is -2.50. The van der Waals surface area contributed by atoms with Crippen molar-refractivity contribution in [1.29, 1.82) is 0 Å². The Balaban J connectivity index is 1.67. The molecule has 0 radical (unpaired) electrons. The molecule has 0 saturated heterocycles. The summed E-state index contributed by atoms with van der Waals surface area (Å²) in [6, 6.07) is 5.73. The van der Waals surface area contributed by atoms with E-state index in [1.54, 1.807) is 6.07 Å². The number of Topliss-reactive ketones (excluding diaryl/α,β-unsaturated/α-hetero) is 1. The Kier molecular flexibility index (Phi) is 3.89. The van der Waals surface area contributed by atoms with E-state index in [0.29, 0.717) is 42.1 Å². The number of fused-ring (bicyclic) bond motifs is 5. The third-order valence-corrected chi connectivity index (χ3v) is 7.28. The molecule has 0 bridgehead atoms. The van der Waals surface area contributed by atoms with Gasteiger partial charge in [0.15, 0.2) is 0 Å². The van der Waals surface area contributed by atoms with Gasteiger partial charge in [0, 0.05) is 18.3 Å². The van der Waals surface area contributed by atoms with E-state index in [4.69, 9.17) is 5.11 Å². The van der Waals surface area contributed by atoms with Crippen LogP contribution in [0.2, 0.25) is 0 Å². The SMILES string of the molecule is C[C@]12CC[C@@H]3c4ccc(O)cc4CC[C@H]3[C@@H]1[C@H](CCC(=O)O)CC2=O. The third kappa shape index (κ3) is 2.57. The van der Waals surface area contributed by atoms with Crippen LogP contribution in [0.25, 0.3) is 0 Å². The highest BCUT2D eigenvalue weighted by molar-refractivity contribution is 5.87. The molecule has 0 aromatic heterocycles. The Bertz CT molecular complexity index is 725. The first-order chi connectivity index (χ1) is 11.9. The summed E-state index contributed by atoms with van der Waals surface area (Å²) in [6.07, 6.45) is 5.24. The van der Waals surface area contributed by atoms with Gasteiger partial charge >= 0.3 is 5.97 Å². The van der Waals surface area contributed by atoms with Crippen LogP contribution >= 0.6 is 0 Å². The van der Waals surface area contributed by atoms with E-state index in [1.807, 2.05) is 6.07 Å². The number of carboxylic acids is 1. The third-order valence-electron chi connectivity index (χ3n) is 7.28. The molecule has 0 spiro atoms. The van der Waals surface area contributed by atoms with E-state index in [-0.39, 0.29) is 17.8 Å². The summed E-state index contributed by atoms with van der Waals surface area (Å²) in [5, 5.41) is 18.9. The first kappa shape index (κ1) is 16.6. The highest BCUT2D eigenvalue weighted by Gasteiger charge is 2.58. The molecular formula is C21H26O4. The molecule has 5 atom stereocenters. The lowest BCUT2D eigenvalue weighted by Crippen LogP contribution is -2.44. The van der Waals surface area contributed by atoms with Gasteiger partial charge < -0.3 is 10.2 Å². The number of hydrogen-bond donors (Lipinski definition) is 2. The van der Waals surface area contributed by atoms with E-state index < -0.39 is 5.97 Å². The van der Waals surface area contributed by atoms with Crippen molar-refractivity contribution >= 4 is 11.8 Å². The van der Waals surface area contributed by atoms with Gasteiger partial charge in [-0.05, 0) is 79.0 Å². The molecule has 25 heavy (non-hydrogen) atoms. The summed E-state index contributed by atoms with van der Waals surface area (Å²) >= 11 is 0. The topological polar surface area (TPSA) is 74.6 Å². The van der Waals surface area contributed by atoms with Crippen molar-refractivity contribution in [3.8, 4) is 5.75 Å². The average Bonchev–Trinajstić information content (AvgIpc) is 2.83. The van der Waals surface area contributed by atoms with Gasteiger partial charge in [0.25, 0.3) is 0 Å². The molecule has 0 amide bonds. The Morgan fingerprint density at radius 1 is 1.32 bits per heavy atom. The first-order valence-electron chi connectivity index (χ1n) is 9.47. The fourth-order valence-corrected chi connectivity index (χ4v) is 6.20. The van der Waals surface area contributed by atoms with Crippen molar-refractivity contribution in [3.63, 3.8) is 0 Å². The zero-order chi connectivity index (χ0) is 17.8. The fraction of sp³-hybridized carbons (Fsp3) is 0.619. The van der Waals surface area contributed by atoms with E-state index in [0.717, 1.165) is 25.7 Å². The minimum atomic E-state index is -0.766. The van der Waals surface area contributed by atoms with Crippen LogP contribution in [0, 0.1) is 23.2 Å². The van der Waals surface area contributed by atoms with Crippen LogP contribution in [0.15, 0.2) is 18.2 Å². The van der Waals surface area contributed by atoms with Crippen molar-refractivity contribution in [3.05, 3.63) is 29.3 Å². The Morgan fingerprint density at radius 3 is 2.88 bits per heavy atom. The van der Waals surface area contributed by atoms with Crippen LogP contribution in [-0.2, 0) is 16.0 Å². The maximum atomic E-state index is 12.8. The predicted octanol–water partition coefficient (Wildman–Crippen LogP) is 3.91. The average molecular weight is 342 g/mol. The second-order valence-electron chi connectivity index (χ2n) is 8.49. The molecule has 4 rings (SSSR count). The van der Waals surface area contributed by atoms with E-state index in [1.165, 1.54) is 11.1 Å². The number of carbonyl (C=O) groups excluding carboxylic acids is 1. The van der Waals surface area contributed by atoms with Gasteiger partial charge in [-0.1, -0.05) is 13.0 Å². The van der Waals surface area contributed by atoms with Crippen molar-refractivity contribution in [2.45, 2.75) is 57.8 Å². The van der Waals surface area contributed by atoms with Crippen molar-refractivity contribution in [2.24, 2.45) is 23.2 Å². The normalized spacial score (nSPS) is 36.4. The fourth-order valence-electron chi connectivity index (χ4n) is 6.20. The molecule has 2 fully saturated rings. The number of aryl methyl sites for hydroxylation is 1. The standard InChI is InChI=1S/C21H26O4/c1-21-9-8-16-15-6-4-14(22)10-12(15)2-5-17(16)20(21)13(11-18(21)23)3-7-19(24)25/h4,6,10,13,16-17,20,22H,2-3,5,7-9,11H2,1H3,(H,24,25)/t13-,16-,17-,20+,21-/m1/s1. The molecule has 2 N–H and O–H groups in total. The summed E-state index contributed by atoms with van der Waals surface area (Å²) < 4.78 is 0. The number of carboxylic acid groups (broad SMARTS) is 1. The number of phenolic OH excluding ortho intramolecular Hbond substituents is 1. The van der Waals surface area contributed by atoms with Gasteiger partial charge in [-0.15, -0.1) is 0 Å². The van der Waals surface area contributed by atoms with Gasteiger partial charge in [-0.3, -0.25) is 9.59 Å². The second-order valence-corrected chi connectivity index (χ2v) is 8.49. The highest BCUT2D eigenvalue weighted by Crippen LogP contribution is 2.62. The van der Waals surface area contributed by atoms with Crippen LogP contribution in [-0.4, -0.2) is 22.0 Å². The number of aromatic hydroxyl groups is 1. The first-order valence-corrected chi connectivity index (χ1v) is 9.47. The maximum Gasteiger partial charge on any atom is 0.303 e. The number of ketones is 1. The molecule has 3 aliphatic carbocycles. The monoisotopic (exact) mass is 342 g/mol. The molecule has 134 valence electrons. The quantitative estimate of drug-likeness (QED) is 0.873. The molecule has 0 aliphatic heterocycles. The summed E-state index contributed by atoms with van der Waals surface area (Å²) in [7, 11) is 0. The number of aliphatic carboxylic acids is 1. The van der Waals surface area contributed by atoms with Crippen molar-refractivity contribution in [2.75, 3.05) is 0 Å².